The van der Waals surface area contributed by atoms with Gasteiger partial charge in [-0.2, -0.15) is 0 Å². The monoisotopic (exact) mass is 348 g/mol. The van der Waals surface area contributed by atoms with Gasteiger partial charge in [0.05, 0.1) is 17.3 Å². The lowest BCUT2D eigenvalue weighted by Crippen LogP contribution is -2.28. The number of hydrogen-bond donors (Lipinski definition) is 0. The van der Waals surface area contributed by atoms with Gasteiger partial charge in [0.1, 0.15) is 0 Å². The third-order valence-corrected chi connectivity index (χ3v) is 5.32. The van der Waals surface area contributed by atoms with Crippen molar-refractivity contribution in [2.24, 2.45) is 0 Å². The number of likely N-dealkylation sites (N-methyl/N-ethyl adjacent to an activating group) is 1. The molecule has 0 bridgehead atoms. The first-order chi connectivity index (χ1) is 13.3. The van der Waals surface area contributed by atoms with E-state index in [1.165, 1.54) is 27.8 Å². The molecule has 1 aliphatic heterocycles. The van der Waals surface area contributed by atoms with Gasteiger partial charge in [-0.05, 0) is 35.4 Å². The van der Waals surface area contributed by atoms with Crippen molar-refractivity contribution >= 4 is 28.2 Å². The summed E-state index contributed by atoms with van der Waals surface area (Å²) in [4.78, 5) is 7.35. The van der Waals surface area contributed by atoms with Crippen LogP contribution in [0.4, 0.5) is 5.69 Å². The summed E-state index contributed by atoms with van der Waals surface area (Å²) < 4.78 is 0. The Balaban J connectivity index is 1.73. The van der Waals surface area contributed by atoms with Gasteiger partial charge in [0.15, 0.2) is 0 Å². The van der Waals surface area contributed by atoms with Crippen LogP contribution in [0.25, 0.3) is 22.6 Å². The van der Waals surface area contributed by atoms with Gasteiger partial charge in [-0.25, -0.2) is 4.98 Å². The zero-order valence-corrected chi connectivity index (χ0v) is 15.2. The number of hydrogen-bond acceptors (Lipinski definition) is 2. The molecule has 130 valence electrons. The summed E-state index contributed by atoms with van der Waals surface area (Å²) in [6, 6.07) is 32.0. The largest absolute Gasteiger partial charge is 0.363 e. The predicted molar refractivity (Wildman–Crippen MR) is 114 cm³/mol. The lowest BCUT2D eigenvalue weighted by molar-refractivity contribution is 0.818. The van der Waals surface area contributed by atoms with Crippen molar-refractivity contribution in [2.75, 3.05) is 11.9 Å². The normalized spacial score (nSPS) is 16.1. The molecule has 27 heavy (non-hydrogen) atoms. The second kappa shape index (κ2) is 6.40. The summed E-state index contributed by atoms with van der Waals surface area (Å²) in [6.07, 6.45) is 2.30. The van der Waals surface area contributed by atoms with Crippen LogP contribution in [-0.4, -0.2) is 12.0 Å². The highest BCUT2D eigenvalue weighted by Gasteiger charge is 2.28. The van der Waals surface area contributed by atoms with Crippen molar-refractivity contribution < 1.29 is 0 Å². The zero-order valence-electron chi connectivity index (χ0n) is 15.2. The van der Waals surface area contributed by atoms with Crippen molar-refractivity contribution in [3.63, 3.8) is 0 Å². The van der Waals surface area contributed by atoms with Crippen molar-refractivity contribution in [3.8, 4) is 0 Å². The number of anilines is 1. The number of pyridine rings is 1. The molecule has 3 aromatic carbocycles. The molecule has 0 aliphatic carbocycles. The van der Waals surface area contributed by atoms with Crippen LogP contribution >= 0.6 is 0 Å². The van der Waals surface area contributed by atoms with Crippen LogP contribution < -0.4 is 4.90 Å². The Labute approximate surface area is 159 Å². The smallest absolute Gasteiger partial charge is 0.0814 e. The fourth-order valence-electron chi connectivity index (χ4n) is 4.00. The van der Waals surface area contributed by atoms with Gasteiger partial charge < -0.3 is 4.90 Å². The first kappa shape index (κ1) is 15.8. The molecule has 0 saturated heterocycles. The first-order valence-electron chi connectivity index (χ1n) is 9.26. The van der Waals surface area contributed by atoms with Gasteiger partial charge in [0.2, 0.25) is 0 Å². The van der Waals surface area contributed by atoms with Gasteiger partial charge >= 0.3 is 0 Å². The predicted octanol–water partition coefficient (Wildman–Crippen LogP) is 5.97. The average Bonchev–Trinajstić information content (AvgIpc) is 2.74. The minimum Gasteiger partial charge on any atom is -0.363 e. The summed E-state index contributed by atoms with van der Waals surface area (Å²) in [5.74, 6) is 0. The number of benzene rings is 3. The second-order valence-corrected chi connectivity index (χ2v) is 6.97. The van der Waals surface area contributed by atoms with E-state index < -0.39 is 0 Å². The molecule has 0 spiro atoms. The lowest BCUT2D eigenvalue weighted by Gasteiger charge is -2.37. The molecular formula is C25H20N2. The summed E-state index contributed by atoms with van der Waals surface area (Å²) >= 11 is 0. The van der Waals surface area contributed by atoms with Gasteiger partial charge in [0, 0.05) is 23.7 Å². The molecule has 1 aromatic heterocycles. The summed E-state index contributed by atoms with van der Waals surface area (Å²) in [5.41, 5.74) is 7.05. The van der Waals surface area contributed by atoms with Crippen LogP contribution in [0.15, 0.2) is 91.0 Å². The molecule has 1 unspecified atom stereocenters. The molecule has 1 atom stereocenters. The quantitative estimate of drug-likeness (QED) is 0.444. The summed E-state index contributed by atoms with van der Waals surface area (Å²) in [6.45, 7) is 0. The van der Waals surface area contributed by atoms with Crippen LogP contribution in [0.2, 0.25) is 0 Å². The minimum atomic E-state index is 0.134. The molecule has 2 heteroatoms. The number of nitrogens with zero attached hydrogens (tertiary/aromatic N) is 2. The fraction of sp³-hybridized carbons (Fsp3) is 0.0800. The standard InChI is InChI=1S/C25H20N2/c1-27-24-14-8-6-12-20(24)17-21(25(27)19-10-3-2-4-11-19)23-16-15-18-9-5-7-13-22(18)26-23/h2-17,25H,1H3. The van der Waals surface area contributed by atoms with Gasteiger partial charge in [-0.1, -0.05) is 72.8 Å². The molecule has 0 saturated carbocycles. The van der Waals surface area contributed by atoms with Crippen molar-refractivity contribution in [2.45, 2.75) is 6.04 Å². The Morgan fingerprint density at radius 3 is 2.37 bits per heavy atom. The summed E-state index contributed by atoms with van der Waals surface area (Å²) in [5, 5.41) is 1.17. The molecule has 1 aliphatic rings. The van der Waals surface area contributed by atoms with E-state index in [0.29, 0.717) is 0 Å². The average molecular weight is 348 g/mol. The van der Waals surface area contributed by atoms with Crippen LogP contribution in [0.5, 0.6) is 0 Å². The molecule has 2 nitrogen and oxygen atoms in total. The molecular weight excluding hydrogens is 328 g/mol. The Kier molecular flexibility index (Phi) is 3.75. The lowest BCUT2D eigenvalue weighted by atomic mass is 9.88. The maximum Gasteiger partial charge on any atom is 0.0814 e. The third kappa shape index (κ3) is 2.70. The highest BCUT2D eigenvalue weighted by molar-refractivity contribution is 5.94. The van der Waals surface area contributed by atoms with E-state index in [4.69, 9.17) is 4.98 Å². The second-order valence-electron chi connectivity index (χ2n) is 6.97. The maximum absolute atomic E-state index is 4.99. The van der Waals surface area contributed by atoms with Gasteiger partial charge in [-0.3, -0.25) is 0 Å². The Morgan fingerprint density at radius 2 is 1.48 bits per heavy atom. The number of rotatable bonds is 2. The molecule has 2 heterocycles. The minimum absolute atomic E-state index is 0.134. The number of fused-ring (bicyclic) bond motifs is 2. The van der Waals surface area contributed by atoms with Gasteiger partial charge in [0.25, 0.3) is 0 Å². The van der Waals surface area contributed by atoms with E-state index in [1.807, 2.05) is 6.07 Å². The molecule has 4 aromatic rings. The third-order valence-electron chi connectivity index (χ3n) is 5.32. The zero-order chi connectivity index (χ0) is 18.2. The van der Waals surface area contributed by atoms with Crippen LogP contribution in [0, 0.1) is 0 Å². The van der Waals surface area contributed by atoms with Crippen molar-refractivity contribution in [1.29, 1.82) is 0 Å². The van der Waals surface area contributed by atoms with Crippen LogP contribution in [0.1, 0.15) is 22.9 Å². The first-order valence-corrected chi connectivity index (χ1v) is 9.26. The van der Waals surface area contributed by atoms with Gasteiger partial charge in [-0.15, -0.1) is 0 Å². The van der Waals surface area contributed by atoms with E-state index in [-0.39, 0.29) is 6.04 Å². The molecule has 0 fully saturated rings. The fourth-order valence-corrected chi connectivity index (χ4v) is 4.00. The highest BCUT2D eigenvalue weighted by atomic mass is 15.1. The van der Waals surface area contributed by atoms with Crippen LogP contribution in [0.3, 0.4) is 0 Å². The van der Waals surface area contributed by atoms with E-state index >= 15 is 0 Å². The highest BCUT2D eigenvalue weighted by Crippen LogP contribution is 2.43. The molecule has 0 N–H and O–H groups in total. The molecule has 5 rings (SSSR count). The molecule has 0 radical (unpaired) electrons. The van der Waals surface area contributed by atoms with Crippen molar-refractivity contribution in [3.05, 3.63) is 108 Å². The Bertz CT molecular complexity index is 1150. The van der Waals surface area contributed by atoms with Crippen molar-refractivity contribution in [1.82, 2.24) is 4.98 Å². The topological polar surface area (TPSA) is 16.1 Å². The number of para-hydroxylation sites is 2. The summed E-state index contributed by atoms with van der Waals surface area (Å²) in [7, 11) is 2.17. The Hall–Kier alpha value is -3.39. The van der Waals surface area contributed by atoms with E-state index in [2.05, 4.69) is 103 Å². The molecule has 0 amide bonds. The van der Waals surface area contributed by atoms with E-state index in [9.17, 15) is 0 Å². The maximum atomic E-state index is 4.99. The van der Waals surface area contributed by atoms with E-state index in [1.54, 1.807) is 0 Å². The number of aromatic nitrogens is 1. The SMILES string of the molecule is CN1c2ccccc2C=C(c2ccc3ccccc3n2)C1c1ccccc1. The van der Waals surface area contributed by atoms with Crippen LogP contribution in [-0.2, 0) is 0 Å². The Morgan fingerprint density at radius 1 is 0.741 bits per heavy atom. The van der Waals surface area contributed by atoms with E-state index in [0.717, 1.165) is 11.2 Å².